The van der Waals surface area contributed by atoms with Crippen molar-refractivity contribution in [2.45, 2.75) is 18.8 Å². The van der Waals surface area contributed by atoms with Crippen molar-refractivity contribution in [1.82, 2.24) is 5.32 Å². The van der Waals surface area contributed by atoms with Crippen LogP contribution in [0.4, 0.5) is 0 Å². The molecule has 0 radical (unpaired) electrons. The number of methoxy groups -OCH3 is 1. The summed E-state index contributed by atoms with van der Waals surface area (Å²) in [5.74, 6) is 0.917. The van der Waals surface area contributed by atoms with Gasteiger partial charge in [0.2, 0.25) is 0 Å². The molecule has 0 amide bonds. The van der Waals surface area contributed by atoms with Gasteiger partial charge in [-0.1, -0.05) is 45.8 Å². The maximum atomic E-state index is 5.36. The standard InChI is InChI=1S/C18H20BrNO/c1-13-4-3-5-15(8-13)18(11-20-12-18)10-14-9-16(21-2)6-7-17(14)19/h3-9,20H,10-12H2,1-2H3. The number of hydrogen-bond acceptors (Lipinski definition) is 2. The van der Waals surface area contributed by atoms with E-state index in [4.69, 9.17) is 4.74 Å². The van der Waals surface area contributed by atoms with E-state index in [-0.39, 0.29) is 5.41 Å². The molecule has 1 aliphatic rings. The van der Waals surface area contributed by atoms with Crippen LogP contribution in [-0.2, 0) is 11.8 Å². The molecule has 0 bridgehead atoms. The van der Waals surface area contributed by atoms with Crippen LogP contribution in [-0.4, -0.2) is 20.2 Å². The Bertz CT molecular complexity index is 649. The Morgan fingerprint density at radius 3 is 2.62 bits per heavy atom. The number of aryl methyl sites for hydroxylation is 1. The molecule has 110 valence electrons. The second-order valence-electron chi connectivity index (χ2n) is 5.89. The van der Waals surface area contributed by atoms with Gasteiger partial charge in [0, 0.05) is 23.0 Å². The average molecular weight is 346 g/mol. The highest BCUT2D eigenvalue weighted by Gasteiger charge is 2.39. The van der Waals surface area contributed by atoms with Crippen LogP contribution in [0.15, 0.2) is 46.9 Å². The van der Waals surface area contributed by atoms with Crippen molar-refractivity contribution in [2.24, 2.45) is 0 Å². The molecular weight excluding hydrogens is 326 g/mol. The van der Waals surface area contributed by atoms with E-state index in [1.165, 1.54) is 16.7 Å². The van der Waals surface area contributed by atoms with E-state index in [0.29, 0.717) is 0 Å². The van der Waals surface area contributed by atoms with Crippen molar-refractivity contribution in [2.75, 3.05) is 20.2 Å². The lowest BCUT2D eigenvalue weighted by Gasteiger charge is -2.44. The van der Waals surface area contributed by atoms with Crippen LogP contribution in [0.25, 0.3) is 0 Å². The largest absolute Gasteiger partial charge is 0.497 e. The number of nitrogens with one attached hydrogen (secondary N) is 1. The third kappa shape index (κ3) is 2.85. The molecule has 2 aromatic carbocycles. The van der Waals surface area contributed by atoms with Gasteiger partial charge in [0.25, 0.3) is 0 Å². The van der Waals surface area contributed by atoms with Crippen LogP contribution in [0.5, 0.6) is 5.75 Å². The third-order valence-electron chi connectivity index (χ3n) is 4.34. The Labute approximate surface area is 134 Å². The fourth-order valence-electron chi connectivity index (χ4n) is 3.01. The number of benzene rings is 2. The molecule has 3 rings (SSSR count). The fourth-order valence-corrected chi connectivity index (χ4v) is 3.40. The molecule has 1 fully saturated rings. The summed E-state index contributed by atoms with van der Waals surface area (Å²) in [6, 6.07) is 15.1. The van der Waals surface area contributed by atoms with Gasteiger partial charge in [-0.15, -0.1) is 0 Å². The molecule has 1 N–H and O–H groups in total. The molecule has 0 spiro atoms. The van der Waals surface area contributed by atoms with E-state index in [1.54, 1.807) is 7.11 Å². The highest BCUT2D eigenvalue weighted by atomic mass is 79.9. The summed E-state index contributed by atoms with van der Waals surface area (Å²) in [5.41, 5.74) is 4.25. The van der Waals surface area contributed by atoms with Crippen LogP contribution in [0.3, 0.4) is 0 Å². The average Bonchev–Trinajstić information content (AvgIpc) is 2.44. The zero-order valence-corrected chi connectivity index (χ0v) is 14.0. The molecule has 0 atom stereocenters. The van der Waals surface area contributed by atoms with Gasteiger partial charge >= 0.3 is 0 Å². The first kappa shape index (κ1) is 14.6. The van der Waals surface area contributed by atoms with Crippen molar-refractivity contribution >= 4 is 15.9 Å². The molecule has 0 aliphatic carbocycles. The minimum atomic E-state index is 0.195. The summed E-state index contributed by atoms with van der Waals surface area (Å²) in [5, 5.41) is 3.44. The number of ether oxygens (including phenoxy) is 1. The maximum absolute atomic E-state index is 5.36. The zero-order valence-electron chi connectivity index (χ0n) is 12.4. The predicted molar refractivity (Wildman–Crippen MR) is 90.1 cm³/mol. The fraction of sp³-hybridized carbons (Fsp3) is 0.333. The Balaban J connectivity index is 1.94. The predicted octanol–water partition coefficient (Wildman–Crippen LogP) is 3.85. The van der Waals surface area contributed by atoms with Crippen LogP contribution in [0.2, 0.25) is 0 Å². The molecule has 0 saturated carbocycles. The number of rotatable bonds is 4. The van der Waals surface area contributed by atoms with Gasteiger partial charge in [0.1, 0.15) is 5.75 Å². The molecule has 1 saturated heterocycles. The molecule has 1 heterocycles. The lowest BCUT2D eigenvalue weighted by molar-refractivity contribution is 0.274. The van der Waals surface area contributed by atoms with Crippen molar-refractivity contribution < 1.29 is 4.74 Å². The normalized spacial score (nSPS) is 16.3. The molecule has 2 aromatic rings. The van der Waals surface area contributed by atoms with Crippen LogP contribution >= 0.6 is 15.9 Å². The molecule has 1 aliphatic heterocycles. The lowest BCUT2D eigenvalue weighted by Crippen LogP contribution is -2.58. The quantitative estimate of drug-likeness (QED) is 0.908. The van der Waals surface area contributed by atoms with E-state index in [1.807, 2.05) is 6.07 Å². The highest BCUT2D eigenvalue weighted by molar-refractivity contribution is 9.10. The Hall–Kier alpha value is -1.32. The van der Waals surface area contributed by atoms with E-state index in [2.05, 4.69) is 64.6 Å². The summed E-state index contributed by atoms with van der Waals surface area (Å²) in [6.07, 6.45) is 1.02. The van der Waals surface area contributed by atoms with Crippen molar-refractivity contribution in [3.63, 3.8) is 0 Å². The monoisotopic (exact) mass is 345 g/mol. The van der Waals surface area contributed by atoms with Gasteiger partial charge < -0.3 is 10.1 Å². The van der Waals surface area contributed by atoms with Gasteiger partial charge in [-0.05, 0) is 42.7 Å². The van der Waals surface area contributed by atoms with Crippen LogP contribution in [0, 0.1) is 6.92 Å². The summed E-state index contributed by atoms with van der Waals surface area (Å²) < 4.78 is 6.52. The molecule has 0 unspecified atom stereocenters. The lowest BCUT2D eigenvalue weighted by atomic mass is 9.70. The Kier molecular flexibility index (Phi) is 4.05. The molecule has 2 nitrogen and oxygen atoms in total. The second-order valence-corrected chi connectivity index (χ2v) is 6.74. The van der Waals surface area contributed by atoms with Gasteiger partial charge in [0.05, 0.1) is 7.11 Å². The Morgan fingerprint density at radius 1 is 1.19 bits per heavy atom. The van der Waals surface area contributed by atoms with Crippen LogP contribution in [0.1, 0.15) is 16.7 Å². The van der Waals surface area contributed by atoms with Crippen molar-refractivity contribution in [3.05, 3.63) is 63.6 Å². The minimum Gasteiger partial charge on any atom is -0.497 e. The van der Waals surface area contributed by atoms with Gasteiger partial charge in [0.15, 0.2) is 0 Å². The summed E-state index contributed by atoms with van der Waals surface area (Å²) >= 11 is 3.68. The van der Waals surface area contributed by atoms with E-state index in [0.717, 1.165) is 29.7 Å². The van der Waals surface area contributed by atoms with E-state index >= 15 is 0 Å². The van der Waals surface area contributed by atoms with Crippen molar-refractivity contribution in [3.8, 4) is 5.75 Å². The molecule has 21 heavy (non-hydrogen) atoms. The topological polar surface area (TPSA) is 21.3 Å². The first-order valence-corrected chi connectivity index (χ1v) is 8.03. The van der Waals surface area contributed by atoms with Gasteiger partial charge in [-0.2, -0.15) is 0 Å². The number of halogens is 1. The van der Waals surface area contributed by atoms with E-state index in [9.17, 15) is 0 Å². The van der Waals surface area contributed by atoms with Gasteiger partial charge in [-0.25, -0.2) is 0 Å². The Morgan fingerprint density at radius 2 is 2.00 bits per heavy atom. The van der Waals surface area contributed by atoms with Gasteiger partial charge in [-0.3, -0.25) is 0 Å². The highest BCUT2D eigenvalue weighted by Crippen LogP contribution is 2.36. The first-order chi connectivity index (χ1) is 10.1. The minimum absolute atomic E-state index is 0.195. The third-order valence-corrected chi connectivity index (χ3v) is 5.11. The molecular formula is C18H20BrNO. The molecule has 3 heteroatoms. The summed E-state index contributed by atoms with van der Waals surface area (Å²) in [4.78, 5) is 0. The number of hydrogen-bond donors (Lipinski definition) is 1. The summed E-state index contributed by atoms with van der Waals surface area (Å²) in [6.45, 7) is 4.21. The van der Waals surface area contributed by atoms with Crippen LogP contribution < -0.4 is 10.1 Å². The molecule has 0 aromatic heterocycles. The summed E-state index contributed by atoms with van der Waals surface area (Å²) in [7, 11) is 1.72. The maximum Gasteiger partial charge on any atom is 0.119 e. The smallest absolute Gasteiger partial charge is 0.119 e. The van der Waals surface area contributed by atoms with E-state index < -0.39 is 0 Å². The second kappa shape index (κ2) is 5.82. The zero-order chi connectivity index (χ0) is 14.9. The van der Waals surface area contributed by atoms with Crippen molar-refractivity contribution in [1.29, 1.82) is 0 Å². The first-order valence-electron chi connectivity index (χ1n) is 7.23. The SMILES string of the molecule is COc1ccc(Br)c(CC2(c3cccc(C)c3)CNC2)c1.